The minimum atomic E-state index is -0.380. The number of nitrogens with one attached hydrogen (secondary N) is 1. The van der Waals surface area contributed by atoms with E-state index in [0.717, 1.165) is 41.5 Å². The second-order valence-corrected chi connectivity index (χ2v) is 12.0. The molecule has 0 radical (unpaired) electrons. The van der Waals surface area contributed by atoms with Crippen molar-refractivity contribution in [2.45, 2.75) is 32.4 Å². The second-order valence-electron chi connectivity index (χ2n) is 11.3. The van der Waals surface area contributed by atoms with Crippen molar-refractivity contribution in [3.8, 4) is 11.3 Å². The van der Waals surface area contributed by atoms with E-state index in [4.69, 9.17) is 33.0 Å². The molecule has 0 aliphatic carbocycles. The van der Waals surface area contributed by atoms with Crippen LogP contribution in [-0.2, 0) is 4.74 Å². The monoisotopic (exact) mass is 600 g/mol. The molecule has 0 unspecified atom stereocenters. The Kier molecular flexibility index (Phi) is 7.92. The Morgan fingerprint density at radius 3 is 2.48 bits per heavy atom. The highest BCUT2D eigenvalue weighted by molar-refractivity contribution is 7.80. The summed E-state index contributed by atoms with van der Waals surface area (Å²) >= 11 is 12.9. The Morgan fingerprint density at radius 1 is 1.05 bits per heavy atom. The summed E-state index contributed by atoms with van der Waals surface area (Å²) in [5.74, 6) is 2.26. The van der Waals surface area contributed by atoms with Gasteiger partial charge in [0.2, 0.25) is 0 Å². The van der Waals surface area contributed by atoms with Gasteiger partial charge in [-0.15, -0.1) is 0 Å². The Hall–Kier alpha value is -3.88. The van der Waals surface area contributed by atoms with Gasteiger partial charge in [-0.2, -0.15) is 0 Å². The number of hydrogen-bond acceptors (Lipinski definition) is 6. The highest BCUT2D eigenvalue weighted by atomic mass is 35.5. The number of piperidine rings is 1. The molecule has 0 spiro atoms. The lowest BCUT2D eigenvalue weighted by molar-refractivity contribution is 0.0600. The maximum Gasteiger partial charge on any atom is 0.337 e. The number of carbonyl (C=O) groups excluding carboxylic acids is 1. The third-order valence-corrected chi connectivity index (χ3v) is 8.64. The summed E-state index contributed by atoms with van der Waals surface area (Å²) in [5, 5.41) is 4.75. The zero-order valence-electron chi connectivity index (χ0n) is 23.8. The first-order valence-corrected chi connectivity index (χ1v) is 14.9. The number of benzene rings is 2. The number of nitrogens with zero attached hydrogens (tertiary/aromatic N) is 3. The SMILES string of the molecule is COC(=O)c1ccc(-c2ccc([C@H]3[C@@H](c4ccccn4)NC(=S)N3c3ccc(N4C[C@H](C)C[C@H](C)C4)c(Cl)c3)o2)cc1. The summed E-state index contributed by atoms with van der Waals surface area (Å²) in [6.45, 7) is 6.58. The molecular formula is C33H33ClN4O3S. The molecule has 7 nitrogen and oxygen atoms in total. The number of rotatable bonds is 6. The van der Waals surface area contributed by atoms with Crippen LogP contribution < -0.4 is 15.1 Å². The molecule has 4 aromatic rings. The van der Waals surface area contributed by atoms with Crippen molar-refractivity contribution in [3.63, 3.8) is 0 Å². The predicted octanol–water partition coefficient (Wildman–Crippen LogP) is 7.44. The number of halogens is 1. The maximum absolute atomic E-state index is 11.9. The van der Waals surface area contributed by atoms with Gasteiger partial charge < -0.3 is 24.3 Å². The highest BCUT2D eigenvalue weighted by Crippen LogP contribution is 2.44. The largest absolute Gasteiger partial charge is 0.465 e. The van der Waals surface area contributed by atoms with E-state index in [1.165, 1.54) is 13.5 Å². The summed E-state index contributed by atoms with van der Waals surface area (Å²) in [6.07, 6.45) is 3.01. The van der Waals surface area contributed by atoms with Crippen LogP contribution in [0.3, 0.4) is 0 Å². The summed E-state index contributed by atoms with van der Waals surface area (Å²) in [7, 11) is 1.37. The smallest absolute Gasteiger partial charge is 0.337 e. The van der Waals surface area contributed by atoms with Crippen LogP contribution in [0, 0.1) is 11.8 Å². The molecule has 0 amide bonds. The van der Waals surface area contributed by atoms with Crippen LogP contribution in [0.5, 0.6) is 0 Å². The third kappa shape index (κ3) is 5.49. The number of furan rings is 1. The van der Waals surface area contributed by atoms with Crippen LogP contribution in [-0.4, -0.2) is 36.3 Å². The molecule has 0 bridgehead atoms. The average molecular weight is 601 g/mol. The van der Waals surface area contributed by atoms with Gasteiger partial charge in [0.25, 0.3) is 0 Å². The van der Waals surface area contributed by atoms with Crippen molar-refractivity contribution in [3.05, 3.63) is 101 Å². The van der Waals surface area contributed by atoms with Gasteiger partial charge in [0.15, 0.2) is 5.11 Å². The highest BCUT2D eigenvalue weighted by Gasteiger charge is 2.43. The fraction of sp³-hybridized carbons (Fsp3) is 0.303. The first kappa shape index (κ1) is 28.2. The lowest BCUT2D eigenvalue weighted by Crippen LogP contribution is -2.38. The van der Waals surface area contributed by atoms with Crippen molar-refractivity contribution >= 4 is 46.3 Å². The van der Waals surface area contributed by atoms with Crippen LogP contribution >= 0.6 is 23.8 Å². The van der Waals surface area contributed by atoms with Gasteiger partial charge in [-0.3, -0.25) is 4.98 Å². The lowest BCUT2D eigenvalue weighted by atomic mass is 9.91. The van der Waals surface area contributed by atoms with Crippen LogP contribution in [0.25, 0.3) is 11.3 Å². The number of pyridine rings is 1. The zero-order valence-corrected chi connectivity index (χ0v) is 25.4. The normalized spacial score (nSPS) is 22.2. The fourth-order valence-electron chi connectivity index (χ4n) is 6.24. The average Bonchev–Trinajstić information content (AvgIpc) is 3.61. The van der Waals surface area contributed by atoms with Crippen LogP contribution in [0.1, 0.15) is 54.2 Å². The molecule has 2 aromatic heterocycles. The first-order chi connectivity index (χ1) is 20.3. The van der Waals surface area contributed by atoms with Crippen LogP contribution in [0.2, 0.25) is 5.02 Å². The van der Waals surface area contributed by atoms with E-state index in [2.05, 4.69) is 46.1 Å². The van der Waals surface area contributed by atoms with Crippen molar-refractivity contribution in [1.82, 2.24) is 10.3 Å². The van der Waals surface area contributed by atoms with Gasteiger partial charge in [0.05, 0.1) is 35.1 Å². The Balaban J connectivity index is 1.36. The van der Waals surface area contributed by atoms with Gasteiger partial charge in [-0.25, -0.2) is 4.79 Å². The summed E-state index contributed by atoms with van der Waals surface area (Å²) < 4.78 is 11.3. The maximum atomic E-state index is 11.9. The van der Waals surface area contributed by atoms with Crippen molar-refractivity contribution in [2.24, 2.45) is 11.8 Å². The van der Waals surface area contributed by atoms with E-state index in [0.29, 0.717) is 33.3 Å². The topological polar surface area (TPSA) is 70.8 Å². The molecule has 1 N–H and O–H groups in total. The van der Waals surface area contributed by atoms with Crippen LogP contribution in [0.15, 0.2) is 83.4 Å². The molecule has 2 fully saturated rings. The third-order valence-electron chi connectivity index (χ3n) is 8.03. The zero-order chi connectivity index (χ0) is 29.4. The first-order valence-electron chi connectivity index (χ1n) is 14.2. The molecule has 9 heteroatoms. The van der Waals surface area contributed by atoms with Gasteiger partial charge >= 0.3 is 5.97 Å². The van der Waals surface area contributed by atoms with E-state index in [9.17, 15) is 4.79 Å². The molecule has 6 rings (SSSR count). The predicted molar refractivity (Wildman–Crippen MR) is 170 cm³/mol. The van der Waals surface area contributed by atoms with Gasteiger partial charge in [-0.1, -0.05) is 43.6 Å². The Bertz CT molecular complexity index is 1580. The number of anilines is 2. The van der Waals surface area contributed by atoms with Gasteiger partial charge in [0, 0.05) is 30.5 Å². The Labute approximate surface area is 256 Å². The van der Waals surface area contributed by atoms with Crippen molar-refractivity contribution in [1.29, 1.82) is 0 Å². The molecule has 4 atom stereocenters. The number of aromatic nitrogens is 1. The number of hydrogen-bond donors (Lipinski definition) is 1. The van der Waals surface area contributed by atoms with Gasteiger partial charge in [0.1, 0.15) is 17.6 Å². The minimum Gasteiger partial charge on any atom is -0.465 e. The molecular weight excluding hydrogens is 568 g/mol. The molecule has 4 heterocycles. The second kappa shape index (κ2) is 11.8. The van der Waals surface area contributed by atoms with E-state index < -0.39 is 0 Å². The molecule has 2 aliphatic heterocycles. The number of ether oxygens (including phenoxy) is 1. The van der Waals surface area contributed by atoms with E-state index in [1.54, 1.807) is 18.3 Å². The number of thiocarbonyl (C=S) groups is 1. The summed E-state index contributed by atoms with van der Waals surface area (Å²) in [5.41, 5.74) is 4.11. The molecule has 0 saturated carbocycles. The number of methoxy groups -OCH3 is 1. The van der Waals surface area contributed by atoms with E-state index in [1.807, 2.05) is 48.5 Å². The van der Waals surface area contributed by atoms with Crippen LogP contribution in [0.4, 0.5) is 11.4 Å². The number of esters is 1. The molecule has 2 saturated heterocycles. The summed E-state index contributed by atoms with van der Waals surface area (Å²) in [4.78, 5) is 21.0. The Morgan fingerprint density at radius 2 is 1.81 bits per heavy atom. The summed E-state index contributed by atoms with van der Waals surface area (Å²) in [6, 6.07) is 22.5. The molecule has 42 heavy (non-hydrogen) atoms. The van der Waals surface area contributed by atoms with Crippen molar-refractivity contribution < 1.29 is 13.9 Å². The lowest BCUT2D eigenvalue weighted by Gasteiger charge is -2.37. The van der Waals surface area contributed by atoms with E-state index in [-0.39, 0.29) is 18.1 Å². The molecule has 2 aliphatic rings. The standard InChI is InChI=1S/C33H33ClN4O3S/c1-20-16-21(2)19-37(18-20)27-12-11-24(17-25(27)34)38-31(30(36-33(38)42)26-6-4-5-15-35-26)29-14-13-28(41-29)22-7-9-23(10-8-22)32(39)40-3/h4-15,17,20-21,30-31H,16,18-19H2,1-3H3,(H,36,42)/t20-,21+,30-,31+/m1/s1. The molecule has 216 valence electrons. The number of carbonyl (C=O) groups is 1. The van der Waals surface area contributed by atoms with E-state index >= 15 is 0 Å². The molecule has 2 aromatic carbocycles. The quantitative estimate of drug-likeness (QED) is 0.181. The van der Waals surface area contributed by atoms with Gasteiger partial charge in [-0.05, 0) is 85.1 Å². The minimum absolute atomic E-state index is 0.248. The van der Waals surface area contributed by atoms with Crippen molar-refractivity contribution in [2.75, 3.05) is 30.0 Å². The fourth-order valence-corrected chi connectivity index (χ4v) is 6.88.